The molecule has 6 nitrogen and oxygen atoms in total. The van der Waals surface area contributed by atoms with Crippen LogP contribution in [0, 0.1) is 0 Å². The van der Waals surface area contributed by atoms with Crippen LogP contribution in [0.1, 0.15) is 35.7 Å². The van der Waals surface area contributed by atoms with Crippen LogP contribution in [0.25, 0.3) is 11.1 Å². The van der Waals surface area contributed by atoms with Crippen LogP contribution in [0.3, 0.4) is 0 Å². The van der Waals surface area contributed by atoms with E-state index in [0.717, 1.165) is 24.0 Å². The van der Waals surface area contributed by atoms with Gasteiger partial charge in [0.05, 0.1) is 6.10 Å². The largest absolute Gasteiger partial charge is 0.390 e. The number of carbonyl (C=O) groups excluding carboxylic acids is 2. The number of hydrogen-bond acceptors (Lipinski definition) is 4. The average Bonchev–Trinajstić information content (AvgIpc) is 3.09. The second kappa shape index (κ2) is 8.33. The molecule has 6 heteroatoms. The van der Waals surface area contributed by atoms with Gasteiger partial charge in [-0.2, -0.15) is 0 Å². The van der Waals surface area contributed by atoms with Crippen LogP contribution in [0.4, 0.5) is 0 Å². The Morgan fingerprint density at radius 2 is 1.67 bits per heavy atom. The summed E-state index contributed by atoms with van der Waals surface area (Å²) in [5, 5.41) is 18.8. The second-order valence-corrected chi connectivity index (χ2v) is 6.80. The monoisotopic (exact) mass is 368 g/mol. The molecule has 1 saturated heterocycles. The molecule has 142 valence electrons. The van der Waals surface area contributed by atoms with Crippen molar-refractivity contribution in [3.63, 3.8) is 0 Å². The van der Waals surface area contributed by atoms with E-state index in [0.29, 0.717) is 12.0 Å². The molecule has 2 aromatic rings. The van der Waals surface area contributed by atoms with E-state index in [1.54, 1.807) is 12.1 Å². The fourth-order valence-corrected chi connectivity index (χ4v) is 3.51. The van der Waals surface area contributed by atoms with E-state index in [-0.39, 0.29) is 12.5 Å². The Balaban J connectivity index is 1.76. The highest BCUT2D eigenvalue weighted by molar-refractivity contribution is 5.98. The van der Waals surface area contributed by atoms with Crippen molar-refractivity contribution in [2.75, 3.05) is 6.54 Å². The predicted molar refractivity (Wildman–Crippen MR) is 101 cm³/mol. The summed E-state index contributed by atoms with van der Waals surface area (Å²) in [5.74, 6) is -1.12. The maximum absolute atomic E-state index is 12.7. The summed E-state index contributed by atoms with van der Waals surface area (Å²) < 4.78 is 0. The van der Waals surface area contributed by atoms with Gasteiger partial charge in [0.15, 0.2) is 0 Å². The molecule has 0 saturated carbocycles. The highest BCUT2D eigenvalue weighted by Gasteiger charge is 2.41. The number of nitrogens with one attached hydrogen (secondary N) is 1. The number of hydroxylamine groups is 1. The lowest BCUT2D eigenvalue weighted by Crippen LogP contribution is -2.49. The van der Waals surface area contributed by atoms with Gasteiger partial charge in [-0.3, -0.25) is 14.8 Å². The number of aliphatic hydroxyl groups excluding tert-OH is 1. The van der Waals surface area contributed by atoms with Gasteiger partial charge in [0.25, 0.3) is 11.8 Å². The zero-order valence-corrected chi connectivity index (χ0v) is 15.3. The van der Waals surface area contributed by atoms with Crippen LogP contribution in [0.15, 0.2) is 48.5 Å². The fraction of sp³-hybridized carbons (Fsp3) is 0.333. The van der Waals surface area contributed by atoms with Crippen molar-refractivity contribution in [2.45, 2.75) is 38.3 Å². The summed E-state index contributed by atoms with van der Waals surface area (Å²) in [6, 6.07) is 14.5. The summed E-state index contributed by atoms with van der Waals surface area (Å²) in [6.45, 7) is 2.41. The first-order chi connectivity index (χ1) is 13.0. The maximum atomic E-state index is 12.7. The van der Waals surface area contributed by atoms with Crippen LogP contribution >= 0.6 is 0 Å². The fourth-order valence-electron chi connectivity index (χ4n) is 3.51. The molecule has 27 heavy (non-hydrogen) atoms. The smallest absolute Gasteiger partial charge is 0.268 e. The van der Waals surface area contributed by atoms with Gasteiger partial charge < -0.3 is 10.0 Å². The number of hydrogen-bond donors (Lipinski definition) is 3. The topological polar surface area (TPSA) is 89.9 Å². The van der Waals surface area contributed by atoms with Gasteiger partial charge in [0.1, 0.15) is 6.04 Å². The first-order valence-corrected chi connectivity index (χ1v) is 9.17. The standard InChI is InChI=1S/C21H24N2O4/c1-2-3-14-4-6-15(7-5-14)16-8-10-17(11-9-16)21(26)23-13-12-18(24)19(23)20(25)22-27/h4-11,18-19,24,27H,2-3,12-13H2,1H3,(H,22,25)/t18-,19+/m1/s1. The van der Waals surface area contributed by atoms with Crippen molar-refractivity contribution in [3.05, 3.63) is 59.7 Å². The molecule has 0 unspecified atom stereocenters. The lowest BCUT2D eigenvalue weighted by atomic mass is 10.0. The summed E-state index contributed by atoms with van der Waals surface area (Å²) >= 11 is 0. The molecule has 1 aliphatic heterocycles. The van der Waals surface area contributed by atoms with Crippen LogP contribution < -0.4 is 5.48 Å². The van der Waals surface area contributed by atoms with Gasteiger partial charge in [-0.05, 0) is 41.7 Å². The summed E-state index contributed by atoms with van der Waals surface area (Å²) in [4.78, 5) is 25.8. The lowest BCUT2D eigenvalue weighted by molar-refractivity contribution is -0.135. The molecule has 1 aliphatic rings. The van der Waals surface area contributed by atoms with Crippen LogP contribution in [0.2, 0.25) is 0 Å². The Kier molecular flexibility index (Phi) is 5.88. The number of nitrogens with zero attached hydrogens (tertiary/aromatic N) is 1. The van der Waals surface area contributed by atoms with Crippen molar-refractivity contribution in [2.24, 2.45) is 0 Å². The average molecular weight is 368 g/mol. The van der Waals surface area contributed by atoms with Crippen LogP contribution in [-0.4, -0.2) is 45.7 Å². The molecular weight excluding hydrogens is 344 g/mol. The van der Waals surface area contributed by atoms with Crippen molar-refractivity contribution < 1.29 is 19.9 Å². The molecule has 3 N–H and O–H groups in total. The third-order valence-corrected chi connectivity index (χ3v) is 4.96. The molecule has 0 aliphatic carbocycles. The molecule has 3 rings (SSSR count). The summed E-state index contributed by atoms with van der Waals surface area (Å²) in [5.41, 5.74) is 5.33. The molecule has 2 atom stereocenters. The number of benzene rings is 2. The van der Waals surface area contributed by atoms with E-state index >= 15 is 0 Å². The minimum absolute atomic E-state index is 0.263. The Morgan fingerprint density at radius 3 is 2.22 bits per heavy atom. The van der Waals surface area contributed by atoms with Gasteiger partial charge in [-0.25, -0.2) is 5.48 Å². The normalized spacial score (nSPS) is 19.1. The van der Waals surface area contributed by atoms with Gasteiger partial charge in [0.2, 0.25) is 0 Å². The number of carbonyl (C=O) groups is 2. The predicted octanol–water partition coefficient (Wildman–Crippen LogP) is 2.39. The van der Waals surface area contributed by atoms with E-state index in [1.165, 1.54) is 15.9 Å². The quantitative estimate of drug-likeness (QED) is 0.558. The SMILES string of the molecule is CCCc1ccc(-c2ccc(C(=O)N3CC[C@@H](O)[C@H]3C(=O)NO)cc2)cc1. The minimum Gasteiger partial charge on any atom is -0.390 e. The van der Waals surface area contributed by atoms with Crippen molar-refractivity contribution in [3.8, 4) is 11.1 Å². The van der Waals surface area contributed by atoms with Crippen molar-refractivity contribution >= 4 is 11.8 Å². The van der Waals surface area contributed by atoms with E-state index in [9.17, 15) is 14.7 Å². The molecule has 2 aromatic carbocycles. The van der Waals surface area contributed by atoms with Gasteiger partial charge in [-0.15, -0.1) is 0 Å². The molecule has 2 amide bonds. The molecule has 0 bridgehead atoms. The van der Waals surface area contributed by atoms with E-state index < -0.39 is 18.1 Å². The highest BCUT2D eigenvalue weighted by atomic mass is 16.5. The lowest BCUT2D eigenvalue weighted by Gasteiger charge is -2.24. The van der Waals surface area contributed by atoms with Gasteiger partial charge in [0, 0.05) is 12.1 Å². The first kappa shape index (κ1) is 19.1. The van der Waals surface area contributed by atoms with Gasteiger partial charge >= 0.3 is 0 Å². The molecule has 0 spiro atoms. The Hall–Kier alpha value is -2.70. The molecular formula is C21H24N2O4. The number of amides is 2. The van der Waals surface area contributed by atoms with Crippen LogP contribution in [-0.2, 0) is 11.2 Å². The number of aryl methyl sites for hydroxylation is 1. The summed E-state index contributed by atoms with van der Waals surface area (Å²) in [7, 11) is 0. The maximum Gasteiger partial charge on any atom is 0.268 e. The number of rotatable bonds is 5. The van der Waals surface area contributed by atoms with Gasteiger partial charge in [-0.1, -0.05) is 49.7 Å². The molecule has 1 heterocycles. The minimum atomic E-state index is -1.08. The third kappa shape index (κ3) is 4.02. The molecule has 0 radical (unpaired) electrons. The molecule has 1 fully saturated rings. The molecule has 0 aromatic heterocycles. The number of aliphatic hydroxyl groups is 1. The second-order valence-electron chi connectivity index (χ2n) is 6.80. The number of likely N-dealkylation sites (tertiary alicyclic amines) is 1. The van der Waals surface area contributed by atoms with E-state index in [1.807, 2.05) is 12.1 Å². The zero-order valence-electron chi connectivity index (χ0n) is 15.3. The Morgan fingerprint density at radius 1 is 1.07 bits per heavy atom. The highest BCUT2D eigenvalue weighted by Crippen LogP contribution is 2.24. The van der Waals surface area contributed by atoms with Crippen molar-refractivity contribution in [1.29, 1.82) is 0 Å². The van der Waals surface area contributed by atoms with Crippen molar-refractivity contribution in [1.82, 2.24) is 10.4 Å². The third-order valence-electron chi connectivity index (χ3n) is 4.96. The zero-order chi connectivity index (χ0) is 19.4. The van der Waals surface area contributed by atoms with E-state index in [2.05, 4.69) is 31.2 Å². The first-order valence-electron chi connectivity index (χ1n) is 9.17. The summed E-state index contributed by atoms with van der Waals surface area (Å²) in [6.07, 6.45) is 1.47. The van der Waals surface area contributed by atoms with E-state index in [4.69, 9.17) is 5.21 Å². The Bertz CT molecular complexity index is 802. The van der Waals surface area contributed by atoms with Crippen LogP contribution in [0.5, 0.6) is 0 Å². The Labute approximate surface area is 158 Å².